The Balaban J connectivity index is 2.05. The van der Waals surface area contributed by atoms with Crippen LogP contribution in [-0.2, 0) is 4.79 Å². The molecule has 0 aliphatic rings. The van der Waals surface area contributed by atoms with Crippen LogP contribution >= 0.6 is 0 Å². The Hall–Kier alpha value is -2.43. The Kier molecular flexibility index (Phi) is 4.30. The molecule has 0 saturated carbocycles. The van der Waals surface area contributed by atoms with E-state index in [2.05, 4.69) is 5.32 Å². The fraction of sp³-hybridized carbons (Fsp3) is 0.133. The monoisotopic (exact) mass is 277 g/mol. The zero-order chi connectivity index (χ0) is 14.5. The molecule has 0 aromatic heterocycles. The molecule has 1 amide bonds. The SMILES string of the molecule is CC(Oc1ccccc1)C(=O)Nc1c(F)cccc1F. The molecule has 0 aliphatic heterocycles. The van der Waals surface area contributed by atoms with Gasteiger partial charge in [0.2, 0.25) is 0 Å². The largest absolute Gasteiger partial charge is 0.481 e. The third-order valence-electron chi connectivity index (χ3n) is 2.64. The predicted octanol–water partition coefficient (Wildman–Crippen LogP) is 3.37. The minimum Gasteiger partial charge on any atom is -0.481 e. The summed E-state index contributed by atoms with van der Waals surface area (Å²) < 4.78 is 32.2. The highest BCUT2D eigenvalue weighted by atomic mass is 19.1. The number of para-hydroxylation sites is 2. The number of hydrogen-bond donors (Lipinski definition) is 1. The number of ether oxygens (including phenoxy) is 1. The van der Waals surface area contributed by atoms with Crippen LogP contribution in [0.15, 0.2) is 48.5 Å². The van der Waals surface area contributed by atoms with E-state index in [0.717, 1.165) is 12.1 Å². The number of benzene rings is 2. The van der Waals surface area contributed by atoms with Crippen molar-refractivity contribution in [2.75, 3.05) is 5.32 Å². The first-order chi connectivity index (χ1) is 9.58. The Morgan fingerprint density at radius 1 is 1.05 bits per heavy atom. The van der Waals surface area contributed by atoms with Crippen LogP contribution in [0, 0.1) is 11.6 Å². The molecule has 1 N–H and O–H groups in total. The number of carbonyl (C=O) groups is 1. The number of nitrogens with one attached hydrogen (secondary N) is 1. The number of halogens is 2. The molecule has 0 heterocycles. The van der Waals surface area contributed by atoms with Crippen LogP contribution < -0.4 is 10.1 Å². The zero-order valence-corrected chi connectivity index (χ0v) is 10.8. The second kappa shape index (κ2) is 6.14. The van der Waals surface area contributed by atoms with E-state index < -0.39 is 29.3 Å². The second-order valence-electron chi connectivity index (χ2n) is 4.16. The highest BCUT2D eigenvalue weighted by molar-refractivity contribution is 5.94. The molecule has 1 unspecified atom stereocenters. The average Bonchev–Trinajstić information content (AvgIpc) is 2.44. The zero-order valence-electron chi connectivity index (χ0n) is 10.8. The van der Waals surface area contributed by atoms with Crippen LogP contribution in [0.3, 0.4) is 0 Å². The van der Waals surface area contributed by atoms with Gasteiger partial charge in [-0.25, -0.2) is 8.78 Å². The average molecular weight is 277 g/mol. The van der Waals surface area contributed by atoms with Gasteiger partial charge < -0.3 is 10.1 Å². The molecule has 3 nitrogen and oxygen atoms in total. The molecule has 0 bridgehead atoms. The van der Waals surface area contributed by atoms with E-state index in [-0.39, 0.29) is 0 Å². The van der Waals surface area contributed by atoms with Crippen LogP contribution in [0.2, 0.25) is 0 Å². The molecule has 0 fully saturated rings. The fourth-order valence-corrected chi connectivity index (χ4v) is 1.60. The smallest absolute Gasteiger partial charge is 0.265 e. The van der Waals surface area contributed by atoms with Crippen LogP contribution in [-0.4, -0.2) is 12.0 Å². The molecular weight excluding hydrogens is 264 g/mol. The summed E-state index contributed by atoms with van der Waals surface area (Å²) in [5, 5.41) is 2.18. The van der Waals surface area contributed by atoms with E-state index in [1.807, 2.05) is 6.07 Å². The van der Waals surface area contributed by atoms with Crippen LogP contribution in [0.4, 0.5) is 14.5 Å². The molecule has 104 valence electrons. The minimum absolute atomic E-state index is 0.471. The normalized spacial score (nSPS) is 11.8. The van der Waals surface area contributed by atoms with E-state index in [9.17, 15) is 13.6 Å². The lowest BCUT2D eigenvalue weighted by Gasteiger charge is -2.15. The highest BCUT2D eigenvalue weighted by Gasteiger charge is 2.18. The number of anilines is 1. The molecule has 5 heteroatoms. The Labute approximate surface area is 115 Å². The molecule has 2 aromatic carbocycles. The Bertz CT molecular complexity index is 582. The maximum Gasteiger partial charge on any atom is 0.265 e. The Morgan fingerprint density at radius 2 is 1.65 bits per heavy atom. The first-order valence-electron chi connectivity index (χ1n) is 6.04. The third-order valence-corrected chi connectivity index (χ3v) is 2.64. The summed E-state index contributed by atoms with van der Waals surface area (Å²) >= 11 is 0. The third kappa shape index (κ3) is 3.32. The van der Waals surface area contributed by atoms with Crippen molar-refractivity contribution in [3.8, 4) is 5.75 Å². The summed E-state index contributed by atoms with van der Waals surface area (Å²) in [5.41, 5.74) is -0.471. The summed E-state index contributed by atoms with van der Waals surface area (Å²) in [7, 11) is 0. The molecule has 1 atom stereocenters. The molecule has 0 aliphatic carbocycles. The van der Waals surface area contributed by atoms with Crippen molar-refractivity contribution in [1.29, 1.82) is 0 Å². The fourth-order valence-electron chi connectivity index (χ4n) is 1.60. The van der Waals surface area contributed by atoms with Gasteiger partial charge in [0.15, 0.2) is 6.10 Å². The number of amides is 1. The first-order valence-corrected chi connectivity index (χ1v) is 6.04. The van der Waals surface area contributed by atoms with E-state index >= 15 is 0 Å². The molecule has 2 rings (SSSR count). The summed E-state index contributed by atoms with van der Waals surface area (Å²) in [6.45, 7) is 1.50. The molecule has 20 heavy (non-hydrogen) atoms. The summed E-state index contributed by atoms with van der Waals surface area (Å²) in [6, 6.07) is 12.1. The van der Waals surface area contributed by atoms with Crippen LogP contribution in [0.1, 0.15) is 6.92 Å². The van der Waals surface area contributed by atoms with Crippen molar-refractivity contribution >= 4 is 11.6 Å². The van der Waals surface area contributed by atoms with Crippen LogP contribution in [0.5, 0.6) is 5.75 Å². The van der Waals surface area contributed by atoms with Crippen molar-refractivity contribution in [1.82, 2.24) is 0 Å². The van der Waals surface area contributed by atoms with Gasteiger partial charge in [-0.2, -0.15) is 0 Å². The standard InChI is InChI=1S/C15H13F2NO2/c1-10(20-11-6-3-2-4-7-11)15(19)18-14-12(16)8-5-9-13(14)17/h2-10H,1H3,(H,18,19). The van der Waals surface area contributed by atoms with Gasteiger partial charge in [0.25, 0.3) is 5.91 Å². The summed E-state index contributed by atoms with van der Waals surface area (Å²) in [4.78, 5) is 11.9. The highest BCUT2D eigenvalue weighted by Crippen LogP contribution is 2.19. The lowest BCUT2D eigenvalue weighted by molar-refractivity contribution is -0.122. The van der Waals surface area contributed by atoms with Gasteiger partial charge in [-0.15, -0.1) is 0 Å². The van der Waals surface area contributed by atoms with Gasteiger partial charge in [-0.1, -0.05) is 24.3 Å². The molecule has 0 saturated heterocycles. The number of hydrogen-bond acceptors (Lipinski definition) is 2. The minimum atomic E-state index is -0.878. The van der Waals surface area contributed by atoms with E-state index in [1.165, 1.54) is 13.0 Å². The van der Waals surface area contributed by atoms with Crippen molar-refractivity contribution in [2.24, 2.45) is 0 Å². The van der Waals surface area contributed by atoms with E-state index in [1.54, 1.807) is 24.3 Å². The van der Waals surface area contributed by atoms with Crippen molar-refractivity contribution < 1.29 is 18.3 Å². The number of rotatable bonds is 4. The maximum absolute atomic E-state index is 13.4. The molecular formula is C15H13F2NO2. The van der Waals surface area contributed by atoms with Gasteiger partial charge in [-0.05, 0) is 31.2 Å². The van der Waals surface area contributed by atoms with Crippen molar-refractivity contribution in [3.05, 3.63) is 60.2 Å². The quantitative estimate of drug-likeness (QED) is 0.930. The Morgan fingerprint density at radius 3 is 2.25 bits per heavy atom. The molecule has 0 spiro atoms. The molecule has 2 aromatic rings. The van der Waals surface area contributed by atoms with Gasteiger partial charge in [0.1, 0.15) is 23.1 Å². The van der Waals surface area contributed by atoms with Crippen LogP contribution in [0.25, 0.3) is 0 Å². The maximum atomic E-state index is 13.4. The lowest BCUT2D eigenvalue weighted by atomic mass is 10.2. The first kappa shape index (κ1) is 14.0. The lowest BCUT2D eigenvalue weighted by Crippen LogP contribution is -2.30. The van der Waals surface area contributed by atoms with Crippen molar-refractivity contribution in [2.45, 2.75) is 13.0 Å². The van der Waals surface area contributed by atoms with Gasteiger partial charge in [-0.3, -0.25) is 4.79 Å². The second-order valence-corrected chi connectivity index (χ2v) is 4.16. The summed E-state index contributed by atoms with van der Waals surface area (Å²) in [5.74, 6) is -1.78. The van der Waals surface area contributed by atoms with E-state index in [4.69, 9.17) is 4.74 Å². The van der Waals surface area contributed by atoms with Gasteiger partial charge in [0, 0.05) is 0 Å². The van der Waals surface area contributed by atoms with Gasteiger partial charge >= 0.3 is 0 Å². The number of carbonyl (C=O) groups excluding carboxylic acids is 1. The topological polar surface area (TPSA) is 38.3 Å². The van der Waals surface area contributed by atoms with E-state index in [0.29, 0.717) is 5.75 Å². The summed E-state index contributed by atoms with van der Waals surface area (Å²) in [6.07, 6.45) is -0.878. The van der Waals surface area contributed by atoms with Crippen molar-refractivity contribution in [3.63, 3.8) is 0 Å². The molecule has 0 radical (unpaired) electrons. The predicted molar refractivity (Wildman–Crippen MR) is 71.5 cm³/mol. The van der Waals surface area contributed by atoms with Gasteiger partial charge in [0.05, 0.1) is 0 Å².